The summed E-state index contributed by atoms with van der Waals surface area (Å²) in [5.41, 5.74) is 0.620. The van der Waals surface area contributed by atoms with Crippen molar-refractivity contribution in [2.75, 3.05) is 12.5 Å². The third kappa shape index (κ3) is 6.32. The molecule has 0 atom stereocenters. The fourth-order valence-electron chi connectivity index (χ4n) is 1.55. The van der Waals surface area contributed by atoms with Crippen LogP contribution in [0.2, 0.25) is 0 Å². The van der Waals surface area contributed by atoms with E-state index >= 15 is 0 Å². The van der Waals surface area contributed by atoms with E-state index in [2.05, 4.69) is 0 Å². The van der Waals surface area contributed by atoms with Crippen molar-refractivity contribution in [3.05, 3.63) is 35.9 Å². The lowest BCUT2D eigenvalue weighted by Crippen LogP contribution is -2.06. The maximum Gasteiger partial charge on any atom is 0.338 e. The average Bonchev–Trinajstić information content (AvgIpc) is 2.38. The van der Waals surface area contributed by atoms with E-state index in [4.69, 9.17) is 16.3 Å². The van der Waals surface area contributed by atoms with Crippen molar-refractivity contribution in [1.82, 2.24) is 0 Å². The Morgan fingerprint density at radius 2 is 1.65 bits per heavy atom. The number of carbonyl (C=O) groups is 1. The van der Waals surface area contributed by atoms with Gasteiger partial charge in [-0.1, -0.05) is 37.5 Å². The summed E-state index contributed by atoms with van der Waals surface area (Å²) in [5.74, 6) is 0.509. The van der Waals surface area contributed by atoms with Crippen LogP contribution in [0.15, 0.2) is 30.3 Å². The van der Waals surface area contributed by atoms with Crippen LogP contribution in [0.4, 0.5) is 0 Å². The van der Waals surface area contributed by atoms with Crippen LogP contribution in [-0.4, -0.2) is 18.5 Å². The minimum Gasteiger partial charge on any atom is -0.462 e. The van der Waals surface area contributed by atoms with Gasteiger partial charge in [-0.15, -0.1) is 11.6 Å². The van der Waals surface area contributed by atoms with Gasteiger partial charge in [0, 0.05) is 5.88 Å². The quantitative estimate of drug-likeness (QED) is 0.398. The zero-order valence-electron chi connectivity index (χ0n) is 10.0. The van der Waals surface area contributed by atoms with Crippen molar-refractivity contribution in [3.8, 4) is 0 Å². The summed E-state index contributed by atoms with van der Waals surface area (Å²) in [7, 11) is 0. The second-order valence-corrected chi connectivity index (χ2v) is 4.34. The van der Waals surface area contributed by atoms with E-state index in [-0.39, 0.29) is 5.97 Å². The smallest absolute Gasteiger partial charge is 0.338 e. The lowest BCUT2D eigenvalue weighted by atomic mass is 10.2. The first-order valence-electron chi connectivity index (χ1n) is 6.12. The number of alkyl halides is 1. The average molecular weight is 255 g/mol. The monoisotopic (exact) mass is 254 g/mol. The highest BCUT2D eigenvalue weighted by Crippen LogP contribution is 2.06. The van der Waals surface area contributed by atoms with Gasteiger partial charge >= 0.3 is 5.97 Å². The lowest BCUT2D eigenvalue weighted by Gasteiger charge is -2.04. The molecule has 0 aliphatic heterocycles. The third-order valence-electron chi connectivity index (χ3n) is 2.52. The summed E-state index contributed by atoms with van der Waals surface area (Å²) in [6, 6.07) is 9.09. The molecule has 0 aliphatic rings. The first-order chi connectivity index (χ1) is 8.34. The highest BCUT2D eigenvalue weighted by atomic mass is 35.5. The van der Waals surface area contributed by atoms with E-state index in [0.717, 1.165) is 38.0 Å². The SMILES string of the molecule is O=C(OCCCCCCCCl)c1ccccc1. The molecule has 0 fully saturated rings. The van der Waals surface area contributed by atoms with E-state index in [1.54, 1.807) is 12.1 Å². The highest BCUT2D eigenvalue weighted by molar-refractivity contribution is 6.17. The first kappa shape index (κ1) is 14.0. The van der Waals surface area contributed by atoms with Crippen molar-refractivity contribution >= 4 is 17.6 Å². The number of rotatable bonds is 8. The van der Waals surface area contributed by atoms with E-state index in [1.807, 2.05) is 18.2 Å². The molecule has 0 saturated heterocycles. The van der Waals surface area contributed by atoms with E-state index < -0.39 is 0 Å². The summed E-state index contributed by atoms with van der Waals surface area (Å²) in [5, 5.41) is 0. The predicted molar refractivity (Wildman–Crippen MR) is 70.5 cm³/mol. The van der Waals surface area contributed by atoms with E-state index in [1.165, 1.54) is 0 Å². The summed E-state index contributed by atoms with van der Waals surface area (Å²) in [4.78, 5) is 11.5. The Morgan fingerprint density at radius 3 is 2.35 bits per heavy atom. The standard InChI is InChI=1S/C14H19ClO2/c15-11-7-2-1-3-8-12-17-14(16)13-9-5-4-6-10-13/h4-6,9-10H,1-3,7-8,11-12H2. The van der Waals surface area contributed by atoms with Crippen LogP contribution < -0.4 is 0 Å². The van der Waals surface area contributed by atoms with Crippen molar-refractivity contribution in [3.63, 3.8) is 0 Å². The minimum absolute atomic E-state index is 0.230. The van der Waals surface area contributed by atoms with Crippen molar-refractivity contribution in [2.24, 2.45) is 0 Å². The first-order valence-corrected chi connectivity index (χ1v) is 6.66. The number of carbonyl (C=O) groups excluding carboxylic acids is 1. The number of ether oxygens (including phenoxy) is 1. The van der Waals surface area contributed by atoms with Crippen molar-refractivity contribution in [2.45, 2.75) is 32.1 Å². The molecule has 2 nitrogen and oxygen atoms in total. The van der Waals surface area contributed by atoms with Gasteiger partial charge in [-0.05, 0) is 25.0 Å². The van der Waals surface area contributed by atoms with Gasteiger partial charge in [0.15, 0.2) is 0 Å². The molecule has 0 spiro atoms. The molecule has 17 heavy (non-hydrogen) atoms. The molecule has 1 rings (SSSR count). The Morgan fingerprint density at radius 1 is 1.00 bits per heavy atom. The number of esters is 1. The van der Waals surface area contributed by atoms with E-state index in [9.17, 15) is 4.79 Å². The summed E-state index contributed by atoms with van der Waals surface area (Å²) in [6.45, 7) is 0.509. The maximum atomic E-state index is 11.5. The zero-order valence-corrected chi connectivity index (χ0v) is 10.8. The van der Waals surface area contributed by atoms with Gasteiger partial charge in [-0.2, -0.15) is 0 Å². The molecule has 3 heteroatoms. The van der Waals surface area contributed by atoms with Crippen LogP contribution in [0.5, 0.6) is 0 Å². The molecule has 1 aromatic carbocycles. The van der Waals surface area contributed by atoms with Crippen molar-refractivity contribution in [1.29, 1.82) is 0 Å². The molecule has 0 aromatic heterocycles. The van der Waals surface area contributed by atoms with Crippen LogP contribution in [0.1, 0.15) is 42.5 Å². The minimum atomic E-state index is -0.230. The second kappa shape index (κ2) is 9.06. The Balaban J connectivity index is 2.05. The fraction of sp³-hybridized carbons (Fsp3) is 0.500. The molecular weight excluding hydrogens is 236 g/mol. The number of hydrogen-bond acceptors (Lipinski definition) is 2. The summed E-state index contributed by atoms with van der Waals surface area (Å²) < 4.78 is 5.17. The van der Waals surface area contributed by atoms with Gasteiger partial charge < -0.3 is 4.74 Å². The van der Waals surface area contributed by atoms with Gasteiger partial charge in [-0.25, -0.2) is 4.79 Å². The maximum absolute atomic E-state index is 11.5. The summed E-state index contributed by atoms with van der Waals surface area (Å²) in [6.07, 6.45) is 5.43. The molecule has 0 amide bonds. The van der Waals surface area contributed by atoms with Crippen LogP contribution >= 0.6 is 11.6 Å². The fourth-order valence-corrected chi connectivity index (χ4v) is 1.74. The molecular formula is C14H19ClO2. The number of benzene rings is 1. The number of unbranched alkanes of at least 4 members (excludes halogenated alkanes) is 4. The molecule has 0 N–H and O–H groups in total. The molecule has 0 heterocycles. The number of hydrogen-bond donors (Lipinski definition) is 0. The van der Waals surface area contributed by atoms with Crippen LogP contribution in [0.3, 0.4) is 0 Å². The summed E-state index contributed by atoms with van der Waals surface area (Å²) >= 11 is 5.58. The normalized spacial score (nSPS) is 10.2. The Labute approximate surface area is 108 Å². The highest BCUT2D eigenvalue weighted by Gasteiger charge is 2.04. The molecule has 0 radical (unpaired) electrons. The largest absolute Gasteiger partial charge is 0.462 e. The van der Waals surface area contributed by atoms with Crippen LogP contribution in [-0.2, 0) is 4.74 Å². The third-order valence-corrected chi connectivity index (χ3v) is 2.79. The Bertz CT molecular complexity index is 311. The van der Waals surface area contributed by atoms with Gasteiger partial charge in [0.1, 0.15) is 0 Å². The second-order valence-electron chi connectivity index (χ2n) is 3.96. The molecule has 0 bridgehead atoms. The topological polar surface area (TPSA) is 26.3 Å². The number of halogens is 1. The van der Waals surface area contributed by atoms with Gasteiger partial charge in [-0.3, -0.25) is 0 Å². The Hall–Kier alpha value is -1.02. The van der Waals surface area contributed by atoms with Crippen LogP contribution in [0.25, 0.3) is 0 Å². The predicted octanol–water partition coefficient (Wildman–Crippen LogP) is 4.03. The van der Waals surface area contributed by atoms with Gasteiger partial charge in [0.25, 0.3) is 0 Å². The molecule has 0 saturated carbocycles. The molecule has 94 valence electrons. The Kier molecular flexibility index (Phi) is 7.48. The molecule has 1 aromatic rings. The van der Waals surface area contributed by atoms with Gasteiger partial charge in [0.05, 0.1) is 12.2 Å². The molecule has 0 aliphatic carbocycles. The lowest BCUT2D eigenvalue weighted by molar-refractivity contribution is 0.0497. The zero-order chi connectivity index (χ0) is 12.3. The van der Waals surface area contributed by atoms with Gasteiger partial charge in [0.2, 0.25) is 0 Å². The van der Waals surface area contributed by atoms with Crippen LogP contribution in [0, 0.1) is 0 Å². The molecule has 0 unspecified atom stereocenters. The van der Waals surface area contributed by atoms with Crippen molar-refractivity contribution < 1.29 is 9.53 Å². The van der Waals surface area contributed by atoms with E-state index in [0.29, 0.717) is 12.2 Å².